The molecule has 0 saturated carbocycles. The third kappa shape index (κ3) is 2.58. The van der Waals surface area contributed by atoms with Gasteiger partial charge in [0, 0.05) is 19.5 Å². The largest absolute Gasteiger partial charge is 0.490 e. The Kier molecular flexibility index (Phi) is 3.56. The topological polar surface area (TPSA) is 38.8 Å². The molecule has 1 atom stereocenters. The van der Waals surface area contributed by atoms with Gasteiger partial charge in [0.2, 0.25) is 5.91 Å². The van der Waals surface area contributed by atoms with Gasteiger partial charge in [-0.1, -0.05) is 6.08 Å². The molecule has 0 aliphatic carbocycles. The molecule has 2 rings (SSSR count). The van der Waals surface area contributed by atoms with Gasteiger partial charge in [-0.25, -0.2) is 0 Å². The molecule has 0 unspecified atom stereocenters. The molecule has 2 heterocycles. The van der Waals surface area contributed by atoms with Crippen LogP contribution in [0.25, 0.3) is 0 Å². The minimum atomic E-state index is -0.306. The fourth-order valence-corrected chi connectivity index (χ4v) is 2.56. The molecular formula is C14H24BNO3. The number of hydrogen-bond acceptors (Lipinski definition) is 3. The van der Waals surface area contributed by atoms with E-state index < -0.39 is 0 Å². The summed E-state index contributed by atoms with van der Waals surface area (Å²) < 4.78 is 12.1. The van der Waals surface area contributed by atoms with E-state index in [1.54, 1.807) is 6.92 Å². The molecule has 1 saturated heterocycles. The van der Waals surface area contributed by atoms with Gasteiger partial charge in [0.1, 0.15) is 0 Å². The molecule has 1 amide bonds. The van der Waals surface area contributed by atoms with Crippen LogP contribution in [0.5, 0.6) is 0 Å². The highest BCUT2D eigenvalue weighted by molar-refractivity contribution is 6.54. The lowest BCUT2D eigenvalue weighted by Gasteiger charge is -2.32. The van der Waals surface area contributed by atoms with Gasteiger partial charge in [-0.05, 0) is 46.5 Å². The SMILES string of the molecule is CC(=O)N1CC=C(B2OC(C)(C)C(C)(C)O2)C[C@H]1C. The van der Waals surface area contributed by atoms with Gasteiger partial charge in [-0.3, -0.25) is 4.79 Å². The Balaban J connectivity index is 2.12. The zero-order valence-electron chi connectivity index (χ0n) is 12.8. The third-order valence-electron chi connectivity index (χ3n) is 4.57. The van der Waals surface area contributed by atoms with Crippen molar-refractivity contribution in [3.63, 3.8) is 0 Å². The Morgan fingerprint density at radius 2 is 1.84 bits per heavy atom. The number of carbonyl (C=O) groups excluding carboxylic acids is 1. The van der Waals surface area contributed by atoms with Crippen LogP contribution in [-0.4, -0.2) is 41.7 Å². The van der Waals surface area contributed by atoms with Gasteiger partial charge >= 0.3 is 7.12 Å². The molecule has 0 aromatic heterocycles. The molecule has 5 heteroatoms. The van der Waals surface area contributed by atoms with E-state index in [0.29, 0.717) is 6.54 Å². The molecule has 2 aliphatic rings. The first kappa shape index (κ1) is 14.6. The van der Waals surface area contributed by atoms with Crippen molar-refractivity contribution in [2.24, 2.45) is 0 Å². The predicted octanol–water partition coefficient (Wildman–Crippen LogP) is 2.18. The second-order valence-electron chi connectivity index (χ2n) is 6.59. The zero-order valence-corrected chi connectivity index (χ0v) is 12.8. The summed E-state index contributed by atoms with van der Waals surface area (Å²) in [5.74, 6) is 0.122. The van der Waals surface area contributed by atoms with Crippen molar-refractivity contribution >= 4 is 13.0 Å². The van der Waals surface area contributed by atoms with Crippen molar-refractivity contribution < 1.29 is 14.1 Å². The quantitative estimate of drug-likeness (QED) is 0.682. The van der Waals surface area contributed by atoms with Crippen molar-refractivity contribution in [1.29, 1.82) is 0 Å². The summed E-state index contributed by atoms with van der Waals surface area (Å²) in [5, 5.41) is 0. The molecular weight excluding hydrogens is 241 g/mol. The lowest BCUT2D eigenvalue weighted by molar-refractivity contribution is -0.130. The van der Waals surface area contributed by atoms with Gasteiger partial charge in [-0.15, -0.1) is 0 Å². The average Bonchev–Trinajstić information content (AvgIpc) is 2.47. The summed E-state index contributed by atoms with van der Waals surface area (Å²) in [7, 11) is -0.276. The highest BCUT2D eigenvalue weighted by atomic mass is 16.7. The van der Waals surface area contributed by atoms with Crippen LogP contribution in [0.2, 0.25) is 0 Å². The summed E-state index contributed by atoms with van der Waals surface area (Å²) in [6, 6.07) is 0.205. The Morgan fingerprint density at radius 1 is 1.32 bits per heavy atom. The number of rotatable bonds is 1. The fourth-order valence-electron chi connectivity index (χ4n) is 2.56. The molecule has 0 aromatic rings. The molecule has 19 heavy (non-hydrogen) atoms. The van der Waals surface area contributed by atoms with Crippen molar-refractivity contribution in [3.8, 4) is 0 Å². The van der Waals surface area contributed by atoms with Gasteiger partial charge < -0.3 is 14.2 Å². The van der Waals surface area contributed by atoms with E-state index >= 15 is 0 Å². The second-order valence-corrected chi connectivity index (χ2v) is 6.59. The van der Waals surface area contributed by atoms with E-state index in [9.17, 15) is 4.79 Å². The van der Waals surface area contributed by atoms with Crippen LogP contribution in [0, 0.1) is 0 Å². The second kappa shape index (κ2) is 4.63. The first-order chi connectivity index (χ1) is 8.64. The van der Waals surface area contributed by atoms with Gasteiger partial charge in [-0.2, -0.15) is 0 Å². The van der Waals surface area contributed by atoms with Crippen molar-refractivity contribution in [3.05, 3.63) is 11.5 Å². The Labute approximate surface area is 116 Å². The van der Waals surface area contributed by atoms with Crippen LogP contribution in [-0.2, 0) is 14.1 Å². The summed E-state index contributed by atoms with van der Waals surface area (Å²) in [6.45, 7) is 12.6. The number of amides is 1. The standard InChI is InChI=1S/C14H24BNO3/c1-10-9-12(7-8-16(10)11(2)17)15-18-13(3,4)14(5,6)19-15/h7,10H,8-9H2,1-6H3/t10-/m1/s1. The van der Waals surface area contributed by atoms with Gasteiger partial charge in [0.15, 0.2) is 0 Å². The van der Waals surface area contributed by atoms with Crippen molar-refractivity contribution in [1.82, 2.24) is 4.90 Å². The Bertz CT molecular complexity index is 401. The first-order valence-corrected chi connectivity index (χ1v) is 6.96. The van der Waals surface area contributed by atoms with E-state index in [4.69, 9.17) is 9.31 Å². The monoisotopic (exact) mass is 265 g/mol. The molecule has 106 valence electrons. The third-order valence-corrected chi connectivity index (χ3v) is 4.57. The summed E-state index contributed by atoms with van der Waals surface area (Å²) >= 11 is 0. The maximum Gasteiger partial charge on any atom is 0.490 e. The molecule has 0 N–H and O–H groups in total. The Hall–Kier alpha value is -0.805. The van der Waals surface area contributed by atoms with E-state index in [0.717, 1.165) is 11.9 Å². The molecule has 1 fully saturated rings. The van der Waals surface area contributed by atoms with Crippen LogP contribution in [0.15, 0.2) is 11.5 Å². The van der Waals surface area contributed by atoms with E-state index in [1.807, 2.05) is 4.90 Å². The van der Waals surface area contributed by atoms with Crippen LogP contribution >= 0.6 is 0 Å². The minimum Gasteiger partial charge on any atom is -0.400 e. The fraction of sp³-hybridized carbons (Fsp3) is 0.786. The molecule has 2 aliphatic heterocycles. The first-order valence-electron chi connectivity index (χ1n) is 6.96. The zero-order chi connectivity index (χ0) is 14.4. The molecule has 0 spiro atoms. The van der Waals surface area contributed by atoms with E-state index in [1.165, 1.54) is 0 Å². The van der Waals surface area contributed by atoms with Crippen LogP contribution in [0.4, 0.5) is 0 Å². The average molecular weight is 265 g/mol. The van der Waals surface area contributed by atoms with Crippen molar-refractivity contribution in [2.75, 3.05) is 6.54 Å². The lowest BCUT2D eigenvalue weighted by atomic mass is 9.73. The van der Waals surface area contributed by atoms with Gasteiger partial charge in [0.05, 0.1) is 11.2 Å². The van der Waals surface area contributed by atoms with Crippen LogP contribution < -0.4 is 0 Å². The molecule has 0 aromatic carbocycles. The summed E-state index contributed by atoms with van der Waals surface area (Å²) in [6.07, 6.45) is 2.89. The number of hydrogen-bond donors (Lipinski definition) is 0. The minimum absolute atomic E-state index is 0.122. The van der Waals surface area contributed by atoms with Crippen LogP contribution in [0.1, 0.15) is 48.0 Å². The van der Waals surface area contributed by atoms with Crippen LogP contribution in [0.3, 0.4) is 0 Å². The Morgan fingerprint density at radius 3 is 2.26 bits per heavy atom. The predicted molar refractivity (Wildman–Crippen MR) is 75.6 cm³/mol. The van der Waals surface area contributed by atoms with Crippen molar-refractivity contribution in [2.45, 2.75) is 65.2 Å². The molecule has 0 radical (unpaired) electrons. The summed E-state index contributed by atoms with van der Waals surface area (Å²) in [5.41, 5.74) is 0.544. The highest BCUT2D eigenvalue weighted by Gasteiger charge is 2.52. The van der Waals surface area contributed by atoms with Gasteiger partial charge in [0.25, 0.3) is 0 Å². The number of carbonyl (C=O) groups is 1. The maximum atomic E-state index is 11.5. The van der Waals surface area contributed by atoms with E-state index in [-0.39, 0.29) is 30.3 Å². The summed E-state index contributed by atoms with van der Waals surface area (Å²) in [4.78, 5) is 13.3. The lowest BCUT2D eigenvalue weighted by Crippen LogP contribution is -2.42. The molecule has 0 bridgehead atoms. The highest BCUT2D eigenvalue weighted by Crippen LogP contribution is 2.39. The normalized spacial score (nSPS) is 29.4. The molecule has 4 nitrogen and oxygen atoms in total. The van der Waals surface area contributed by atoms with E-state index in [2.05, 4.69) is 40.7 Å². The number of nitrogens with zero attached hydrogens (tertiary/aromatic N) is 1. The smallest absolute Gasteiger partial charge is 0.400 e. The maximum absolute atomic E-state index is 11.5.